The van der Waals surface area contributed by atoms with Crippen molar-refractivity contribution >= 4 is 11.8 Å². The smallest absolute Gasteiger partial charge is 0.342 e. The first kappa shape index (κ1) is 15.2. The molecule has 114 valence electrons. The molecule has 0 aromatic heterocycles. The Bertz CT molecular complexity index is 384. The summed E-state index contributed by atoms with van der Waals surface area (Å²) in [4.78, 5) is 27.1. The van der Waals surface area contributed by atoms with Gasteiger partial charge in [-0.15, -0.1) is 0 Å². The second-order valence-corrected chi connectivity index (χ2v) is 5.86. The number of alkyl halides is 2. The molecule has 2 aliphatic heterocycles. The first-order valence-electron chi connectivity index (χ1n) is 6.87. The van der Waals surface area contributed by atoms with Gasteiger partial charge in [0.2, 0.25) is 11.8 Å². The van der Waals surface area contributed by atoms with Crippen molar-refractivity contribution in [3.8, 4) is 0 Å². The Morgan fingerprint density at radius 3 is 2.55 bits per heavy atom. The fraction of sp³-hybridized carbons (Fsp3) is 0.846. The molecule has 0 N–H and O–H groups in total. The molecule has 2 fully saturated rings. The van der Waals surface area contributed by atoms with E-state index in [1.165, 1.54) is 4.90 Å². The first-order chi connectivity index (χ1) is 9.36. The third-order valence-electron chi connectivity index (χ3n) is 3.60. The fourth-order valence-electron chi connectivity index (χ4n) is 2.66. The van der Waals surface area contributed by atoms with E-state index in [4.69, 9.17) is 0 Å². The van der Waals surface area contributed by atoms with Crippen LogP contribution in [0.15, 0.2) is 0 Å². The van der Waals surface area contributed by atoms with E-state index in [2.05, 4.69) is 4.74 Å². The first-order valence-corrected chi connectivity index (χ1v) is 6.87. The topological polar surface area (TPSA) is 49.9 Å². The van der Waals surface area contributed by atoms with Crippen LogP contribution >= 0.6 is 0 Å². The average molecular weight is 290 g/mol. The Morgan fingerprint density at radius 2 is 2.00 bits per heavy atom. The molecule has 0 spiro atoms. The zero-order chi connectivity index (χ0) is 14.9. The van der Waals surface area contributed by atoms with Crippen molar-refractivity contribution in [2.24, 2.45) is 11.8 Å². The molecule has 0 aliphatic carbocycles. The highest BCUT2D eigenvalue weighted by atomic mass is 19.3. The van der Waals surface area contributed by atoms with Gasteiger partial charge in [0.15, 0.2) is 0 Å². The zero-order valence-electron chi connectivity index (χ0n) is 11.7. The van der Waals surface area contributed by atoms with Crippen LogP contribution in [0, 0.1) is 11.8 Å². The summed E-state index contributed by atoms with van der Waals surface area (Å²) in [5.41, 5.74) is 0. The Balaban J connectivity index is 1.79. The van der Waals surface area contributed by atoms with E-state index in [0.29, 0.717) is 19.0 Å². The van der Waals surface area contributed by atoms with Crippen LogP contribution in [0.2, 0.25) is 0 Å². The summed E-state index contributed by atoms with van der Waals surface area (Å²) >= 11 is 0. The van der Waals surface area contributed by atoms with Crippen molar-refractivity contribution in [3.05, 3.63) is 0 Å². The van der Waals surface area contributed by atoms with Crippen LogP contribution in [-0.2, 0) is 14.3 Å². The van der Waals surface area contributed by atoms with Gasteiger partial charge < -0.3 is 14.5 Å². The molecule has 0 saturated carbocycles. The number of likely N-dealkylation sites (tertiary alicyclic amines) is 2. The Morgan fingerprint density at radius 1 is 1.35 bits per heavy atom. The molecular formula is C13H20F2N2O3. The molecule has 2 amide bonds. The molecule has 2 saturated heterocycles. The average Bonchev–Trinajstić information content (AvgIpc) is 2.63. The van der Waals surface area contributed by atoms with Crippen LogP contribution in [-0.4, -0.2) is 60.5 Å². The highest BCUT2D eigenvalue weighted by Crippen LogP contribution is 2.24. The monoisotopic (exact) mass is 290 g/mol. The maximum absolute atomic E-state index is 12.1. The largest absolute Gasteiger partial charge is 0.345 e. The number of halogens is 2. The molecule has 1 atom stereocenters. The van der Waals surface area contributed by atoms with Gasteiger partial charge in [0.1, 0.15) is 0 Å². The van der Waals surface area contributed by atoms with Gasteiger partial charge in [0.05, 0.1) is 12.0 Å². The lowest BCUT2D eigenvalue weighted by atomic mass is 10.0. The highest BCUT2D eigenvalue weighted by molar-refractivity contribution is 5.89. The quantitative estimate of drug-likeness (QED) is 0.757. The maximum atomic E-state index is 12.1. The zero-order valence-corrected chi connectivity index (χ0v) is 11.7. The number of ether oxygens (including phenoxy) is 1. The van der Waals surface area contributed by atoms with Crippen LogP contribution < -0.4 is 0 Å². The van der Waals surface area contributed by atoms with E-state index in [-0.39, 0.29) is 37.2 Å². The number of carbonyl (C=O) groups is 2. The van der Waals surface area contributed by atoms with Crippen LogP contribution in [0.4, 0.5) is 8.78 Å². The summed E-state index contributed by atoms with van der Waals surface area (Å²) in [5.74, 6) is -0.106. The van der Waals surface area contributed by atoms with E-state index < -0.39 is 12.7 Å². The number of hydrogen-bond acceptors (Lipinski definition) is 3. The number of nitrogens with zero attached hydrogens (tertiary/aromatic N) is 2. The normalized spacial score (nSPS) is 23.9. The molecule has 1 unspecified atom stereocenters. The maximum Gasteiger partial charge on any atom is 0.345 e. The second kappa shape index (κ2) is 6.03. The standard InChI is InChI=1S/C13H20F2N2O3/c1-8(2)4-16-5-9(3-11(16)18)12(19)17-6-10(7-17)20-13(14)15/h8-10,13H,3-7H2,1-2H3. The molecule has 0 aromatic carbocycles. The minimum absolute atomic E-state index is 0.00189. The Labute approximate surface area is 116 Å². The summed E-state index contributed by atoms with van der Waals surface area (Å²) in [7, 11) is 0. The van der Waals surface area contributed by atoms with Gasteiger partial charge in [-0.2, -0.15) is 8.78 Å². The lowest BCUT2D eigenvalue weighted by Crippen LogP contribution is -2.57. The number of rotatable bonds is 5. The van der Waals surface area contributed by atoms with Crippen molar-refractivity contribution in [2.75, 3.05) is 26.2 Å². The van der Waals surface area contributed by atoms with Gasteiger partial charge in [0, 0.05) is 32.6 Å². The van der Waals surface area contributed by atoms with Gasteiger partial charge in [-0.3, -0.25) is 9.59 Å². The van der Waals surface area contributed by atoms with Gasteiger partial charge in [-0.05, 0) is 5.92 Å². The molecule has 2 aliphatic rings. The van der Waals surface area contributed by atoms with Gasteiger partial charge in [0.25, 0.3) is 0 Å². The predicted octanol–water partition coefficient (Wildman–Crippen LogP) is 0.941. The van der Waals surface area contributed by atoms with Crippen molar-refractivity contribution in [1.29, 1.82) is 0 Å². The van der Waals surface area contributed by atoms with Gasteiger partial charge in [-0.25, -0.2) is 0 Å². The molecular weight excluding hydrogens is 270 g/mol. The van der Waals surface area contributed by atoms with Crippen LogP contribution in [0.5, 0.6) is 0 Å². The predicted molar refractivity (Wildman–Crippen MR) is 67.0 cm³/mol. The molecule has 7 heteroatoms. The van der Waals surface area contributed by atoms with Crippen molar-refractivity contribution < 1.29 is 23.1 Å². The summed E-state index contributed by atoms with van der Waals surface area (Å²) in [5, 5.41) is 0. The van der Waals surface area contributed by atoms with E-state index in [0.717, 1.165) is 0 Å². The van der Waals surface area contributed by atoms with E-state index >= 15 is 0 Å². The third-order valence-corrected chi connectivity index (χ3v) is 3.60. The van der Waals surface area contributed by atoms with E-state index in [1.54, 1.807) is 4.90 Å². The molecule has 2 heterocycles. The molecule has 0 radical (unpaired) electrons. The van der Waals surface area contributed by atoms with E-state index in [9.17, 15) is 18.4 Å². The summed E-state index contributed by atoms with van der Waals surface area (Å²) in [6.07, 6.45) is -0.356. The molecule has 5 nitrogen and oxygen atoms in total. The van der Waals surface area contributed by atoms with Gasteiger partial charge in [-0.1, -0.05) is 13.8 Å². The van der Waals surface area contributed by atoms with Crippen LogP contribution in [0.3, 0.4) is 0 Å². The lowest BCUT2D eigenvalue weighted by Gasteiger charge is -2.39. The Kier molecular flexibility index (Phi) is 4.57. The molecule has 20 heavy (non-hydrogen) atoms. The SMILES string of the molecule is CC(C)CN1CC(C(=O)N2CC(OC(F)F)C2)CC1=O. The summed E-state index contributed by atoms with van der Waals surface area (Å²) < 4.78 is 28.3. The van der Waals surface area contributed by atoms with Crippen LogP contribution in [0.25, 0.3) is 0 Å². The number of hydrogen-bond donors (Lipinski definition) is 0. The molecule has 0 aromatic rings. The van der Waals surface area contributed by atoms with E-state index in [1.807, 2.05) is 13.8 Å². The Hall–Kier alpha value is -1.24. The lowest BCUT2D eigenvalue weighted by molar-refractivity contribution is -0.200. The molecule has 2 rings (SSSR count). The second-order valence-electron chi connectivity index (χ2n) is 5.86. The van der Waals surface area contributed by atoms with Crippen molar-refractivity contribution in [2.45, 2.75) is 33.0 Å². The third kappa shape index (κ3) is 3.45. The summed E-state index contributed by atoms with van der Waals surface area (Å²) in [6.45, 7) is 2.71. The van der Waals surface area contributed by atoms with Crippen LogP contribution in [0.1, 0.15) is 20.3 Å². The highest BCUT2D eigenvalue weighted by Gasteiger charge is 2.41. The minimum atomic E-state index is -2.80. The number of amides is 2. The number of carbonyl (C=O) groups excluding carboxylic acids is 2. The molecule has 0 bridgehead atoms. The minimum Gasteiger partial charge on any atom is -0.342 e. The fourth-order valence-corrected chi connectivity index (χ4v) is 2.66. The van der Waals surface area contributed by atoms with Crippen molar-refractivity contribution in [1.82, 2.24) is 9.80 Å². The summed E-state index contributed by atoms with van der Waals surface area (Å²) in [6, 6.07) is 0. The van der Waals surface area contributed by atoms with Gasteiger partial charge >= 0.3 is 6.61 Å². The van der Waals surface area contributed by atoms with Crippen molar-refractivity contribution in [3.63, 3.8) is 0 Å².